The monoisotopic (exact) mass is 380 g/mol. The number of benzene rings is 2. The molecule has 0 heterocycles. The van der Waals surface area contributed by atoms with E-state index in [1.54, 1.807) is 30.3 Å². The van der Waals surface area contributed by atoms with Crippen molar-refractivity contribution < 1.29 is 18.0 Å². The lowest BCUT2D eigenvalue weighted by atomic mass is 10.2. The van der Waals surface area contributed by atoms with Crippen molar-refractivity contribution in [3.63, 3.8) is 0 Å². The third kappa shape index (κ3) is 5.14. The zero-order valence-corrected chi connectivity index (χ0v) is 15.2. The van der Waals surface area contributed by atoms with Gasteiger partial charge < -0.3 is 5.32 Å². The molecule has 0 fully saturated rings. The Morgan fingerprint density at radius 1 is 1.12 bits per heavy atom. The maximum absolute atomic E-state index is 12.1. The van der Waals surface area contributed by atoms with Gasteiger partial charge in [0, 0.05) is 23.8 Å². The van der Waals surface area contributed by atoms with Gasteiger partial charge in [0.05, 0.1) is 12.0 Å². The number of nitrogens with zero attached hydrogens (tertiary/aromatic N) is 1. The molecule has 132 valence electrons. The van der Waals surface area contributed by atoms with Crippen LogP contribution < -0.4 is 5.32 Å². The second-order valence-corrected chi connectivity index (χ2v) is 7.37. The van der Waals surface area contributed by atoms with E-state index in [1.165, 1.54) is 44.5 Å². The number of rotatable bonds is 6. The van der Waals surface area contributed by atoms with E-state index in [0.717, 1.165) is 10.0 Å². The molecule has 0 aliphatic carbocycles. The number of halogens is 1. The van der Waals surface area contributed by atoms with Gasteiger partial charge in [-0.15, -0.1) is 0 Å². The normalized spacial score (nSPS) is 11.8. The zero-order valence-electron chi connectivity index (χ0n) is 13.6. The highest BCUT2D eigenvalue weighted by molar-refractivity contribution is 7.89. The van der Waals surface area contributed by atoms with E-state index in [2.05, 4.69) is 5.32 Å². The highest BCUT2D eigenvalue weighted by Crippen LogP contribution is 2.17. The van der Waals surface area contributed by atoms with E-state index >= 15 is 0 Å². The summed E-state index contributed by atoms with van der Waals surface area (Å²) in [6.45, 7) is 0. The number of sulfonamides is 1. The summed E-state index contributed by atoms with van der Waals surface area (Å²) in [5.41, 5.74) is 1.31. The third-order valence-electron chi connectivity index (χ3n) is 3.31. The van der Waals surface area contributed by atoms with Crippen LogP contribution in [-0.2, 0) is 19.7 Å². The molecule has 0 radical (unpaired) electrons. The summed E-state index contributed by atoms with van der Waals surface area (Å²) in [6.07, 6.45) is 3.03. The van der Waals surface area contributed by atoms with Crippen molar-refractivity contribution >= 4 is 39.3 Å². The predicted molar refractivity (Wildman–Crippen MR) is 97.5 cm³/mol. The molecule has 0 aliphatic rings. The first-order chi connectivity index (χ1) is 11.8. The van der Waals surface area contributed by atoms with Gasteiger partial charge in [0.25, 0.3) is 10.0 Å². The van der Waals surface area contributed by atoms with Crippen LogP contribution in [0.5, 0.6) is 0 Å². The van der Waals surface area contributed by atoms with Crippen molar-refractivity contribution in [2.75, 3.05) is 19.5 Å². The van der Waals surface area contributed by atoms with Crippen LogP contribution in [0.2, 0.25) is 5.02 Å². The summed E-state index contributed by atoms with van der Waals surface area (Å²) in [5.74, 6) is -0.334. The number of anilines is 1. The fourth-order valence-electron chi connectivity index (χ4n) is 1.89. The molecular weight excluding hydrogens is 364 g/mol. The van der Waals surface area contributed by atoms with E-state index in [9.17, 15) is 13.2 Å². The largest absolute Gasteiger partial charge is 0.323 e. The molecule has 0 atom stereocenters. The molecule has 1 N–H and O–H groups in total. The Bertz CT molecular complexity index is 863. The Morgan fingerprint density at radius 2 is 1.72 bits per heavy atom. The quantitative estimate of drug-likeness (QED) is 0.617. The van der Waals surface area contributed by atoms with E-state index in [4.69, 9.17) is 16.4 Å². The van der Waals surface area contributed by atoms with Gasteiger partial charge in [0.2, 0.25) is 5.91 Å². The number of hydrogen-bond acceptors (Lipinski definition) is 4. The SMILES string of the molecule is CON(C)S(=O)(=O)c1ccc(NC(=O)/C=C/c2ccc(Cl)cc2)cc1. The van der Waals surface area contributed by atoms with E-state index in [1.807, 2.05) is 0 Å². The average Bonchev–Trinajstić information content (AvgIpc) is 2.61. The zero-order chi connectivity index (χ0) is 18.4. The van der Waals surface area contributed by atoms with Gasteiger partial charge in [0.15, 0.2) is 0 Å². The Morgan fingerprint density at radius 3 is 2.28 bits per heavy atom. The Kier molecular flexibility index (Phi) is 6.33. The van der Waals surface area contributed by atoms with Crippen LogP contribution in [0.25, 0.3) is 6.08 Å². The van der Waals surface area contributed by atoms with E-state index in [-0.39, 0.29) is 10.8 Å². The molecule has 25 heavy (non-hydrogen) atoms. The average molecular weight is 381 g/mol. The van der Waals surface area contributed by atoms with Crippen LogP contribution in [0.3, 0.4) is 0 Å². The maximum atomic E-state index is 12.1. The molecular formula is C17H17ClN2O4S. The first-order valence-electron chi connectivity index (χ1n) is 7.20. The van der Waals surface area contributed by atoms with Gasteiger partial charge in [-0.05, 0) is 48.0 Å². The predicted octanol–water partition coefficient (Wildman–Crippen LogP) is 3.17. The number of carbonyl (C=O) groups excluding carboxylic acids is 1. The summed E-state index contributed by atoms with van der Waals surface area (Å²) in [6, 6.07) is 12.8. The number of amides is 1. The van der Waals surface area contributed by atoms with Gasteiger partial charge >= 0.3 is 0 Å². The standard InChI is InChI=1S/C17H17ClN2O4S/c1-20(24-2)25(22,23)16-10-8-15(9-11-16)19-17(21)12-5-13-3-6-14(18)7-4-13/h3-12H,1-2H3,(H,19,21)/b12-5+. The fraction of sp³-hybridized carbons (Fsp3) is 0.118. The van der Waals surface area contributed by atoms with Crippen LogP contribution >= 0.6 is 11.6 Å². The van der Waals surface area contributed by atoms with Crippen molar-refractivity contribution in [3.8, 4) is 0 Å². The maximum Gasteiger partial charge on any atom is 0.264 e. The molecule has 1 amide bonds. The van der Waals surface area contributed by atoms with Gasteiger partial charge in [-0.2, -0.15) is 0 Å². The molecule has 8 heteroatoms. The summed E-state index contributed by atoms with van der Waals surface area (Å²) in [5, 5.41) is 3.28. The lowest BCUT2D eigenvalue weighted by Crippen LogP contribution is -2.25. The van der Waals surface area contributed by atoms with Crippen LogP contribution in [0.1, 0.15) is 5.56 Å². The minimum absolute atomic E-state index is 0.0616. The van der Waals surface area contributed by atoms with Crippen molar-refractivity contribution in [1.29, 1.82) is 0 Å². The first kappa shape index (κ1) is 19.1. The van der Waals surface area contributed by atoms with Crippen LogP contribution in [0.4, 0.5) is 5.69 Å². The Labute approximate surface area is 151 Å². The first-order valence-corrected chi connectivity index (χ1v) is 9.02. The van der Waals surface area contributed by atoms with Crippen molar-refractivity contribution in [3.05, 3.63) is 65.2 Å². The minimum atomic E-state index is -3.71. The molecule has 2 aromatic rings. The molecule has 0 saturated carbocycles. The molecule has 0 bridgehead atoms. The summed E-state index contributed by atoms with van der Waals surface area (Å²) in [4.78, 5) is 16.7. The highest BCUT2D eigenvalue weighted by atomic mass is 35.5. The Hall–Kier alpha value is -2.19. The number of hydroxylamine groups is 1. The van der Waals surface area contributed by atoms with Crippen LogP contribution in [0, 0.1) is 0 Å². The molecule has 0 spiro atoms. The van der Waals surface area contributed by atoms with Gasteiger partial charge in [-0.25, -0.2) is 8.42 Å². The number of hydrogen-bond donors (Lipinski definition) is 1. The van der Waals surface area contributed by atoms with Crippen molar-refractivity contribution in [1.82, 2.24) is 4.47 Å². The van der Waals surface area contributed by atoms with Crippen molar-refractivity contribution in [2.24, 2.45) is 0 Å². The molecule has 0 aliphatic heterocycles. The molecule has 0 saturated heterocycles. The number of carbonyl (C=O) groups is 1. The third-order valence-corrected chi connectivity index (χ3v) is 5.26. The summed E-state index contributed by atoms with van der Waals surface area (Å²) in [7, 11) is -1.15. The smallest absolute Gasteiger partial charge is 0.264 e. The van der Waals surface area contributed by atoms with Gasteiger partial charge in [-0.3, -0.25) is 9.63 Å². The molecule has 2 rings (SSSR count). The second kappa shape index (κ2) is 8.26. The number of nitrogens with one attached hydrogen (secondary N) is 1. The Balaban J connectivity index is 2.03. The van der Waals surface area contributed by atoms with Gasteiger partial charge in [0.1, 0.15) is 0 Å². The summed E-state index contributed by atoms with van der Waals surface area (Å²) >= 11 is 5.80. The van der Waals surface area contributed by atoms with E-state index < -0.39 is 10.0 Å². The lowest BCUT2D eigenvalue weighted by Gasteiger charge is -2.14. The van der Waals surface area contributed by atoms with E-state index in [0.29, 0.717) is 10.7 Å². The fourth-order valence-corrected chi connectivity index (χ4v) is 2.99. The van der Waals surface area contributed by atoms with Crippen molar-refractivity contribution in [2.45, 2.75) is 4.90 Å². The molecule has 6 nitrogen and oxygen atoms in total. The molecule has 2 aromatic carbocycles. The van der Waals surface area contributed by atoms with Crippen LogP contribution in [-0.4, -0.2) is 33.0 Å². The minimum Gasteiger partial charge on any atom is -0.323 e. The second-order valence-electron chi connectivity index (χ2n) is 5.00. The topological polar surface area (TPSA) is 75.7 Å². The lowest BCUT2D eigenvalue weighted by molar-refractivity contribution is -0.111. The van der Waals surface area contributed by atoms with Crippen LogP contribution in [0.15, 0.2) is 59.5 Å². The molecule has 0 unspecified atom stereocenters. The summed E-state index contributed by atoms with van der Waals surface area (Å²) < 4.78 is 24.9. The highest BCUT2D eigenvalue weighted by Gasteiger charge is 2.20. The van der Waals surface area contributed by atoms with Gasteiger partial charge in [-0.1, -0.05) is 28.2 Å². The molecule has 0 aromatic heterocycles.